The van der Waals surface area contributed by atoms with Crippen LogP contribution in [0.1, 0.15) is 12.0 Å². The van der Waals surface area contributed by atoms with Crippen LogP contribution in [0.15, 0.2) is 36.4 Å². The number of carbonyl (C=O) groups excluding carboxylic acids is 1. The van der Waals surface area contributed by atoms with Gasteiger partial charge in [-0.2, -0.15) is 0 Å². The van der Waals surface area contributed by atoms with Crippen molar-refractivity contribution in [1.29, 1.82) is 0 Å². The van der Waals surface area contributed by atoms with Gasteiger partial charge in [0.25, 0.3) is 0 Å². The lowest BCUT2D eigenvalue weighted by molar-refractivity contribution is -0.152. The molecule has 4 nitrogen and oxygen atoms in total. The highest BCUT2D eigenvalue weighted by Crippen LogP contribution is 2.63. The molecule has 0 radical (unpaired) electrons. The minimum atomic E-state index is -0.838. The summed E-state index contributed by atoms with van der Waals surface area (Å²) in [6, 6.07) is 7.60. The number of para-hydroxylation sites is 1. The van der Waals surface area contributed by atoms with E-state index in [1.54, 1.807) is 0 Å². The van der Waals surface area contributed by atoms with E-state index < -0.39 is 17.8 Å². The molecule has 1 aromatic rings. The summed E-state index contributed by atoms with van der Waals surface area (Å²) in [5.41, 5.74) is 1.76. The van der Waals surface area contributed by atoms with E-state index in [1.807, 2.05) is 37.3 Å². The van der Waals surface area contributed by atoms with Crippen molar-refractivity contribution in [2.24, 2.45) is 35.5 Å². The number of carboxylic acids is 1. The second-order valence-corrected chi connectivity index (χ2v) is 6.80. The van der Waals surface area contributed by atoms with E-state index in [4.69, 9.17) is 0 Å². The number of aliphatic carboxylic acids is 1. The number of benzene rings is 1. The van der Waals surface area contributed by atoms with Crippen LogP contribution >= 0.6 is 0 Å². The molecule has 0 spiro atoms. The molecule has 0 aliphatic heterocycles. The highest BCUT2D eigenvalue weighted by atomic mass is 16.4. The molecule has 5 rings (SSSR count). The third kappa shape index (κ3) is 1.90. The van der Waals surface area contributed by atoms with Crippen LogP contribution in [0.3, 0.4) is 0 Å². The fraction of sp³-hybridized carbons (Fsp3) is 0.444. The summed E-state index contributed by atoms with van der Waals surface area (Å²) in [4.78, 5) is 24.5. The Morgan fingerprint density at radius 1 is 1.09 bits per heavy atom. The minimum Gasteiger partial charge on any atom is -0.481 e. The van der Waals surface area contributed by atoms with Crippen LogP contribution in [0.4, 0.5) is 5.69 Å². The van der Waals surface area contributed by atoms with Gasteiger partial charge in [-0.25, -0.2) is 0 Å². The zero-order valence-electron chi connectivity index (χ0n) is 12.4. The third-order valence-corrected chi connectivity index (χ3v) is 5.64. The Hall–Kier alpha value is -2.10. The summed E-state index contributed by atoms with van der Waals surface area (Å²) in [5, 5.41) is 12.6. The number of carbonyl (C=O) groups is 2. The number of hydrogen-bond acceptors (Lipinski definition) is 2. The van der Waals surface area contributed by atoms with Gasteiger partial charge < -0.3 is 10.4 Å². The molecular formula is C18H19NO3. The number of allylic oxidation sites excluding steroid dienone is 2. The van der Waals surface area contributed by atoms with Gasteiger partial charge in [0.2, 0.25) is 5.91 Å². The number of rotatable bonds is 3. The maximum Gasteiger partial charge on any atom is 0.307 e. The van der Waals surface area contributed by atoms with Crippen LogP contribution < -0.4 is 5.32 Å². The summed E-state index contributed by atoms with van der Waals surface area (Å²) in [6.45, 7) is 1.94. The lowest BCUT2D eigenvalue weighted by Crippen LogP contribution is -2.48. The van der Waals surface area contributed by atoms with Gasteiger partial charge in [-0.3, -0.25) is 9.59 Å². The monoisotopic (exact) mass is 297 g/mol. The van der Waals surface area contributed by atoms with E-state index >= 15 is 0 Å². The summed E-state index contributed by atoms with van der Waals surface area (Å²) in [5.74, 6) is -0.906. The molecule has 6 atom stereocenters. The lowest BCUT2D eigenvalue weighted by Gasteiger charge is -2.41. The fourth-order valence-electron chi connectivity index (χ4n) is 4.50. The Morgan fingerprint density at radius 2 is 1.73 bits per heavy atom. The Bertz CT molecular complexity index is 681. The van der Waals surface area contributed by atoms with E-state index in [9.17, 15) is 14.7 Å². The molecule has 2 saturated carbocycles. The van der Waals surface area contributed by atoms with E-state index in [0.29, 0.717) is 11.8 Å². The van der Waals surface area contributed by atoms with Crippen LogP contribution in [-0.2, 0) is 9.59 Å². The first-order chi connectivity index (χ1) is 10.6. The van der Waals surface area contributed by atoms with E-state index in [2.05, 4.69) is 11.4 Å². The summed E-state index contributed by atoms with van der Waals surface area (Å²) >= 11 is 0. The first kappa shape index (κ1) is 13.6. The van der Waals surface area contributed by atoms with Crippen LogP contribution in [0.2, 0.25) is 0 Å². The second-order valence-electron chi connectivity index (χ2n) is 6.80. The van der Waals surface area contributed by atoms with E-state index in [1.165, 1.54) is 0 Å². The molecule has 22 heavy (non-hydrogen) atoms. The molecule has 4 aliphatic carbocycles. The Kier molecular flexibility index (Phi) is 2.90. The summed E-state index contributed by atoms with van der Waals surface area (Å²) in [7, 11) is 0. The molecule has 1 aromatic carbocycles. The molecule has 0 aromatic heterocycles. The number of anilines is 1. The minimum absolute atomic E-state index is 0.0279. The molecule has 1 amide bonds. The number of aryl methyl sites for hydroxylation is 1. The van der Waals surface area contributed by atoms with Crippen molar-refractivity contribution in [3.8, 4) is 0 Å². The Balaban J connectivity index is 1.63. The molecule has 0 heterocycles. The maximum absolute atomic E-state index is 12.8. The highest BCUT2D eigenvalue weighted by molar-refractivity contribution is 5.96. The lowest BCUT2D eigenvalue weighted by atomic mass is 9.62. The van der Waals surface area contributed by atoms with Gasteiger partial charge in [0.05, 0.1) is 11.8 Å². The molecule has 0 saturated heterocycles. The van der Waals surface area contributed by atoms with Crippen molar-refractivity contribution in [3.05, 3.63) is 42.0 Å². The second kappa shape index (κ2) is 4.70. The number of nitrogens with one attached hydrogen (secondary N) is 1. The van der Waals surface area contributed by atoms with Crippen molar-refractivity contribution < 1.29 is 14.7 Å². The Labute approximate surface area is 129 Å². The van der Waals surface area contributed by atoms with Crippen LogP contribution in [-0.4, -0.2) is 17.0 Å². The number of amides is 1. The van der Waals surface area contributed by atoms with E-state index in [-0.39, 0.29) is 17.7 Å². The number of hydrogen-bond donors (Lipinski definition) is 2. The molecule has 4 heteroatoms. The van der Waals surface area contributed by atoms with Crippen molar-refractivity contribution in [1.82, 2.24) is 0 Å². The standard InChI is InChI=1S/C18H19NO3/c1-9-4-2-3-5-14(9)19-17(20)15-10-6-7-11(13-8-12(10)13)16(15)18(21)22/h2-7,10-13,15-16H,8H2,1H3,(H,19,20)(H,21,22)/t10-,11-,12-,13-,15+,16-/m0/s1. The first-order valence-corrected chi connectivity index (χ1v) is 7.85. The van der Waals surface area contributed by atoms with Gasteiger partial charge >= 0.3 is 5.97 Å². The summed E-state index contributed by atoms with van der Waals surface area (Å²) < 4.78 is 0. The number of fused-ring (bicyclic) bond motifs is 1. The average Bonchev–Trinajstić information content (AvgIpc) is 3.30. The average molecular weight is 297 g/mol. The van der Waals surface area contributed by atoms with Gasteiger partial charge in [0.15, 0.2) is 0 Å². The largest absolute Gasteiger partial charge is 0.481 e. The topological polar surface area (TPSA) is 66.4 Å². The first-order valence-electron chi connectivity index (χ1n) is 7.85. The normalized spacial score (nSPS) is 37.5. The van der Waals surface area contributed by atoms with Crippen LogP contribution in [0, 0.1) is 42.4 Å². The molecule has 114 valence electrons. The Morgan fingerprint density at radius 3 is 2.36 bits per heavy atom. The molecule has 2 bridgehead atoms. The predicted molar refractivity (Wildman–Crippen MR) is 82.1 cm³/mol. The van der Waals surface area contributed by atoms with Gasteiger partial charge in [-0.1, -0.05) is 30.4 Å². The molecule has 2 fully saturated rings. The number of carboxylic acid groups (broad SMARTS) is 1. The van der Waals surface area contributed by atoms with Gasteiger partial charge in [0, 0.05) is 5.69 Å². The van der Waals surface area contributed by atoms with Crippen LogP contribution in [0.25, 0.3) is 0 Å². The van der Waals surface area contributed by atoms with Gasteiger partial charge in [-0.05, 0) is 48.6 Å². The van der Waals surface area contributed by atoms with Gasteiger partial charge in [-0.15, -0.1) is 0 Å². The van der Waals surface area contributed by atoms with Crippen molar-refractivity contribution in [2.45, 2.75) is 13.3 Å². The van der Waals surface area contributed by atoms with Crippen molar-refractivity contribution >= 4 is 17.6 Å². The summed E-state index contributed by atoms with van der Waals surface area (Å²) in [6.07, 6.45) is 5.19. The highest BCUT2D eigenvalue weighted by Gasteiger charge is 2.62. The smallest absolute Gasteiger partial charge is 0.307 e. The fourth-order valence-corrected chi connectivity index (χ4v) is 4.50. The maximum atomic E-state index is 12.8. The SMILES string of the molecule is Cc1ccccc1NC(=O)[C@@H]1[C@H]2C=C[C@@H]([C@@H]3C[C@@H]23)[C@@H]1C(=O)O. The van der Waals surface area contributed by atoms with E-state index in [0.717, 1.165) is 17.7 Å². The zero-order chi connectivity index (χ0) is 15.4. The van der Waals surface area contributed by atoms with Crippen molar-refractivity contribution in [3.63, 3.8) is 0 Å². The van der Waals surface area contributed by atoms with Crippen LogP contribution in [0.5, 0.6) is 0 Å². The molecule has 2 N–H and O–H groups in total. The zero-order valence-corrected chi connectivity index (χ0v) is 12.4. The van der Waals surface area contributed by atoms with Gasteiger partial charge in [0.1, 0.15) is 0 Å². The quantitative estimate of drug-likeness (QED) is 0.843. The molecule has 4 aliphatic rings. The van der Waals surface area contributed by atoms with Crippen molar-refractivity contribution in [2.75, 3.05) is 5.32 Å². The predicted octanol–water partition coefficient (Wildman–Crippen LogP) is 2.70. The molecule has 0 unspecified atom stereocenters. The third-order valence-electron chi connectivity index (χ3n) is 5.64. The molecular weight excluding hydrogens is 278 g/mol.